The number of rotatable bonds is 4. The van der Waals surface area contributed by atoms with Gasteiger partial charge in [0.2, 0.25) is 5.91 Å². The van der Waals surface area contributed by atoms with E-state index in [9.17, 15) is 4.79 Å². The van der Waals surface area contributed by atoms with E-state index in [4.69, 9.17) is 5.73 Å². The first-order chi connectivity index (χ1) is 6.65. The summed E-state index contributed by atoms with van der Waals surface area (Å²) in [6.45, 7) is 5.81. The van der Waals surface area contributed by atoms with Crippen molar-refractivity contribution < 1.29 is 4.79 Å². The Balaban J connectivity index is 2.44. The Kier molecular flexibility index (Phi) is 4.39. The summed E-state index contributed by atoms with van der Waals surface area (Å²) in [4.78, 5) is 13.9. The maximum Gasteiger partial charge on any atom is 0.223 e. The van der Waals surface area contributed by atoms with Crippen molar-refractivity contribution in [1.82, 2.24) is 4.90 Å². The molecule has 1 rings (SSSR count). The van der Waals surface area contributed by atoms with Crippen molar-refractivity contribution in [1.29, 1.82) is 0 Å². The zero-order valence-electron chi connectivity index (χ0n) is 9.33. The molecular formula is C11H22N2O. The third kappa shape index (κ3) is 2.98. The van der Waals surface area contributed by atoms with E-state index in [0.717, 1.165) is 25.8 Å². The predicted octanol–water partition coefficient (Wildman–Crippen LogP) is 1.37. The molecule has 2 N–H and O–H groups in total. The Morgan fingerprint density at radius 3 is 2.86 bits per heavy atom. The molecule has 1 heterocycles. The average molecular weight is 198 g/mol. The monoisotopic (exact) mass is 198 g/mol. The minimum Gasteiger partial charge on any atom is -0.340 e. The van der Waals surface area contributed by atoms with Crippen molar-refractivity contribution in [2.75, 3.05) is 13.1 Å². The van der Waals surface area contributed by atoms with Gasteiger partial charge < -0.3 is 10.6 Å². The van der Waals surface area contributed by atoms with Gasteiger partial charge in [0.1, 0.15) is 0 Å². The third-order valence-corrected chi connectivity index (χ3v) is 2.78. The third-order valence-electron chi connectivity index (χ3n) is 2.78. The molecule has 0 aromatic carbocycles. The van der Waals surface area contributed by atoms with Crippen LogP contribution in [-0.2, 0) is 4.79 Å². The molecule has 82 valence electrons. The van der Waals surface area contributed by atoms with Crippen LogP contribution in [0.4, 0.5) is 0 Å². The number of hydrogen-bond donors (Lipinski definition) is 1. The second kappa shape index (κ2) is 5.35. The van der Waals surface area contributed by atoms with Crippen LogP contribution in [0.5, 0.6) is 0 Å². The van der Waals surface area contributed by atoms with E-state index >= 15 is 0 Å². The van der Waals surface area contributed by atoms with E-state index in [2.05, 4.69) is 13.8 Å². The molecule has 1 aliphatic heterocycles. The molecule has 3 heteroatoms. The molecule has 1 amide bonds. The number of carbonyl (C=O) groups excluding carboxylic acids is 1. The molecular weight excluding hydrogens is 176 g/mol. The minimum atomic E-state index is 0.316. The van der Waals surface area contributed by atoms with Crippen molar-refractivity contribution >= 4 is 5.91 Å². The molecule has 0 spiro atoms. The van der Waals surface area contributed by atoms with Gasteiger partial charge in [-0.15, -0.1) is 0 Å². The van der Waals surface area contributed by atoms with Gasteiger partial charge in [-0.05, 0) is 31.7 Å². The van der Waals surface area contributed by atoms with E-state index in [1.165, 1.54) is 0 Å². The molecule has 0 aromatic heterocycles. The van der Waals surface area contributed by atoms with Gasteiger partial charge in [0, 0.05) is 19.0 Å². The van der Waals surface area contributed by atoms with Gasteiger partial charge in [0.15, 0.2) is 0 Å². The zero-order valence-corrected chi connectivity index (χ0v) is 9.33. The fraction of sp³-hybridized carbons (Fsp3) is 0.909. The molecule has 1 atom stereocenters. The van der Waals surface area contributed by atoms with Crippen molar-refractivity contribution in [3.05, 3.63) is 0 Å². The van der Waals surface area contributed by atoms with Crippen LogP contribution in [0.3, 0.4) is 0 Å². The quantitative estimate of drug-likeness (QED) is 0.741. The van der Waals surface area contributed by atoms with Gasteiger partial charge in [-0.1, -0.05) is 13.8 Å². The summed E-state index contributed by atoms with van der Waals surface area (Å²) in [6.07, 6.45) is 3.93. The Morgan fingerprint density at radius 2 is 2.29 bits per heavy atom. The Morgan fingerprint density at radius 1 is 1.57 bits per heavy atom. The molecule has 1 saturated heterocycles. The first-order valence-corrected chi connectivity index (χ1v) is 5.64. The SMILES string of the molecule is CC(C)CC(=O)N1CCCC1CCN. The van der Waals surface area contributed by atoms with Gasteiger partial charge in [0.05, 0.1) is 0 Å². The van der Waals surface area contributed by atoms with Gasteiger partial charge in [0.25, 0.3) is 0 Å². The molecule has 1 unspecified atom stereocenters. The van der Waals surface area contributed by atoms with Gasteiger partial charge >= 0.3 is 0 Å². The Labute approximate surface area is 86.6 Å². The van der Waals surface area contributed by atoms with Crippen LogP contribution in [0.15, 0.2) is 0 Å². The highest BCUT2D eigenvalue weighted by Crippen LogP contribution is 2.21. The standard InChI is InChI=1S/C11H22N2O/c1-9(2)8-11(14)13-7-3-4-10(13)5-6-12/h9-10H,3-8,12H2,1-2H3. The van der Waals surface area contributed by atoms with Gasteiger partial charge in [-0.3, -0.25) is 4.79 Å². The van der Waals surface area contributed by atoms with Gasteiger partial charge in [-0.2, -0.15) is 0 Å². The Hall–Kier alpha value is -0.570. The Bertz CT molecular complexity index is 192. The topological polar surface area (TPSA) is 46.3 Å². The van der Waals surface area contributed by atoms with E-state index in [-0.39, 0.29) is 0 Å². The van der Waals surface area contributed by atoms with Crippen LogP contribution in [0.25, 0.3) is 0 Å². The van der Waals surface area contributed by atoms with E-state index < -0.39 is 0 Å². The molecule has 0 aromatic rings. The molecule has 0 saturated carbocycles. The number of hydrogen-bond acceptors (Lipinski definition) is 2. The zero-order chi connectivity index (χ0) is 10.6. The van der Waals surface area contributed by atoms with Crippen LogP contribution in [0.2, 0.25) is 0 Å². The van der Waals surface area contributed by atoms with Crippen LogP contribution in [0.1, 0.15) is 39.5 Å². The first-order valence-electron chi connectivity index (χ1n) is 5.64. The lowest BCUT2D eigenvalue weighted by molar-refractivity contribution is -0.132. The molecule has 0 radical (unpaired) electrons. The molecule has 3 nitrogen and oxygen atoms in total. The van der Waals surface area contributed by atoms with Gasteiger partial charge in [-0.25, -0.2) is 0 Å². The van der Waals surface area contributed by atoms with E-state index in [1.54, 1.807) is 0 Å². The number of carbonyl (C=O) groups is 1. The maximum absolute atomic E-state index is 11.8. The van der Waals surface area contributed by atoms with Crippen LogP contribution >= 0.6 is 0 Å². The van der Waals surface area contributed by atoms with Crippen molar-refractivity contribution in [3.8, 4) is 0 Å². The van der Waals surface area contributed by atoms with E-state index in [0.29, 0.717) is 30.8 Å². The average Bonchev–Trinajstić information content (AvgIpc) is 2.51. The smallest absolute Gasteiger partial charge is 0.223 e. The number of likely N-dealkylation sites (tertiary alicyclic amines) is 1. The van der Waals surface area contributed by atoms with Crippen molar-refractivity contribution in [2.45, 2.75) is 45.6 Å². The summed E-state index contributed by atoms with van der Waals surface area (Å²) in [5.41, 5.74) is 5.53. The summed E-state index contributed by atoms with van der Waals surface area (Å²) in [5, 5.41) is 0. The first kappa shape index (κ1) is 11.5. The second-order valence-corrected chi connectivity index (χ2v) is 4.56. The lowest BCUT2D eigenvalue weighted by Crippen LogP contribution is -2.37. The van der Waals surface area contributed by atoms with Crippen molar-refractivity contribution in [3.63, 3.8) is 0 Å². The predicted molar refractivity (Wildman–Crippen MR) is 57.9 cm³/mol. The van der Waals surface area contributed by atoms with Crippen LogP contribution < -0.4 is 5.73 Å². The highest BCUT2D eigenvalue weighted by atomic mass is 16.2. The summed E-state index contributed by atoms with van der Waals surface area (Å²) in [5.74, 6) is 0.776. The molecule has 14 heavy (non-hydrogen) atoms. The number of nitrogens with zero attached hydrogens (tertiary/aromatic N) is 1. The lowest BCUT2D eigenvalue weighted by Gasteiger charge is -2.25. The molecule has 0 bridgehead atoms. The van der Waals surface area contributed by atoms with Crippen molar-refractivity contribution in [2.24, 2.45) is 11.7 Å². The summed E-state index contributed by atoms with van der Waals surface area (Å²) < 4.78 is 0. The number of nitrogens with two attached hydrogens (primary N) is 1. The summed E-state index contributed by atoms with van der Waals surface area (Å²) >= 11 is 0. The molecule has 0 aliphatic carbocycles. The number of amides is 1. The summed E-state index contributed by atoms with van der Waals surface area (Å²) in [6, 6.07) is 0.422. The lowest BCUT2D eigenvalue weighted by atomic mass is 10.1. The van der Waals surface area contributed by atoms with Crippen LogP contribution in [-0.4, -0.2) is 29.9 Å². The molecule has 1 aliphatic rings. The minimum absolute atomic E-state index is 0.316. The fourth-order valence-corrected chi connectivity index (χ4v) is 2.12. The highest BCUT2D eigenvalue weighted by Gasteiger charge is 2.27. The largest absolute Gasteiger partial charge is 0.340 e. The summed E-state index contributed by atoms with van der Waals surface area (Å²) in [7, 11) is 0. The molecule has 1 fully saturated rings. The van der Waals surface area contributed by atoms with Crippen LogP contribution in [0, 0.1) is 5.92 Å². The highest BCUT2D eigenvalue weighted by molar-refractivity contribution is 5.77. The van der Waals surface area contributed by atoms with E-state index in [1.807, 2.05) is 4.90 Å². The maximum atomic E-state index is 11.8. The normalized spacial score (nSPS) is 22.0. The second-order valence-electron chi connectivity index (χ2n) is 4.56. The fourth-order valence-electron chi connectivity index (χ4n) is 2.12.